The summed E-state index contributed by atoms with van der Waals surface area (Å²) >= 11 is 0. The second-order valence-electron chi connectivity index (χ2n) is 9.42. The second kappa shape index (κ2) is 12.0. The average Bonchev–Trinajstić information content (AvgIpc) is 3.71. The Hall–Kier alpha value is -4.34. The molecule has 0 spiro atoms. The van der Waals surface area contributed by atoms with Crippen molar-refractivity contribution in [1.82, 2.24) is 39.3 Å². The third-order valence-electron chi connectivity index (χ3n) is 6.57. The standard InChI is InChI=1S/C26H31FN10O4/c1-35-15-17(13-30-35)37-16-29-23-24(33-26(34-25(23)37)36-3-5-39-6-4-36)28-14-22-31-19-11-18(27)21(12-20(19)32-22)41-10-9-40-8-7-38-2/h11-13,15-16H,3-10,14H2,1-2H3,(H,31,32)(H,28,33,34). The highest BCUT2D eigenvalue weighted by Gasteiger charge is 2.20. The number of H-pyrrole nitrogens is 1. The number of ether oxygens (including phenoxy) is 4. The molecule has 15 heteroatoms. The van der Waals surface area contributed by atoms with Crippen LogP contribution in [-0.4, -0.2) is 99.1 Å². The van der Waals surface area contributed by atoms with E-state index in [-0.39, 0.29) is 12.4 Å². The zero-order valence-corrected chi connectivity index (χ0v) is 22.8. The molecule has 0 radical (unpaired) electrons. The SMILES string of the molecule is COCCOCCOc1cc2nc(CNc3nc(N4CCOCC4)nc4c3ncn4-c3cnn(C)c3)[nH]c2cc1F. The van der Waals surface area contributed by atoms with Crippen molar-refractivity contribution in [1.29, 1.82) is 0 Å². The van der Waals surface area contributed by atoms with Crippen molar-refractivity contribution < 1.29 is 23.3 Å². The number of hydrogen-bond acceptors (Lipinski definition) is 11. The number of aromatic amines is 1. The van der Waals surface area contributed by atoms with Crippen LogP contribution in [0.5, 0.6) is 5.75 Å². The molecule has 1 aliphatic rings. The predicted molar refractivity (Wildman–Crippen MR) is 148 cm³/mol. The third-order valence-corrected chi connectivity index (χ3v) is 6.57. The summed E-state index contributed by atoms with van der Waals surface area (Å²) in [6, 6.07) is 2.96. The number of aromatic nitrogens is 8. The van der Waals surface area contributed by atoms with Crippen LogP contribution in [0.25, 0.3) is 27.9 Å². The van der Waals surface area contributed by atoms with Gasteiger partial charge in [-0.3, -0.25) is 9.25 Å². The van der Waals surface area contributed by atoms with Gasteiger partial charge < -0.3 is 34.1 Å². The Kier molecular flexibility index (Phi) is 7.89. The lowest BCUT2D eigenvalue weighted by atomic mass is 10.3. The molecule has 5 heterocycles. The van der Waals surface area contributed by atoms with Gasteiger partial charge in [0.05, 0.1) is 62.5 Å². The summed E-state index contributed by atoms with van der Waals surface area (Å²) in [6.07, 6.45) is 5.36. The summed E-state index contributed by atoms with van der Waals surface area (Å²) in [4.78, 5) is 24.1. The van der Waals surface area contributed by atoms with Crippen molar-refractivity contribution in [2.45, 2.75) is 6.54 Å². The number of methoxy groups -OCH3 is 1. The van der Waals surface area contributed by atoms with Gasteiger partial charge >= 0.3 is 0 Å². The van der Waals surface area contributed by atoms with E-state index in [9.17, 15) is 4.39 Å². The highest BCUT2D eigenvalue weighted by molar-refractivity contribution is 5.85. The Bertz CT molecular complexity index is 1630. The molecular weight excluding hydrogens is 535 g/mol. The number of benzene rings is 1. The average molecular weight is 567 g/mol. The molecule has 14 nitrogen and oxygen atoms in total. The van der Waals surface area contributed by atoms with Crippen molar-refractivity contribution in [3.63, 3.8) is 0 Å². The molecule has 0 bridgehead atoms. The number of rotatable bonds is 12. The molecule has 0 aliphatic carbocycles. The number of anilines is 2. The van der Waals surface area contributed by atoms with E-state index < -0.39 is 5.82 Å². The van der Waals surface area contributed by atoms with E-state index >= 15 is 0 Å². The van der Waals surface area contributed by atoms with Crippen LogP contribution in [0, 0.1) is 5.82 Å². The van der Waals surface area contributed by atoms with Gasteiger partial charge in [-0.15, -0.1) is 0 Å². The van der Waals surface area contributed by atoms with Crippen LogP contribution in [0.2, 0.25) is 0 Å². The molecule has 4 aromatic heterocycles. The number of fused-ring (bicyclic) bond motifs is 2. The molecule has 1 aromatic carbocycles. The van der Waals surface area contributed by atoms with Gasteiger partial charge in [-0.1, -0.05) is 0 Å². The number of halogens is 1. The van der Waals surface area contributed by atoms with E-state index in [0.717, 1.165) is 5.69 Å². The predicted octanol–water partition coefficient (Wildman–Crippen LogP) is 2.05. The monoisotopic (exact) mass is 566 g/mol. The summed E-state index contributed by atoms with van der Waals surface area (Å²) in [5.74, 6) is 1.38. The maximum Gasteiger partial charge on any atom is 0.229 e. The molecule has 216 valence electrons. The summed E-state index contributed by atoms with van der Waals surface area (Å²) in [6.45, 7) is 4.37. The van der Waals surface area contributed by atoms with Crippen molar-refractivity contribution in [3.8, 4) is 11.4 Å². The van der Waals surface area contributed by atoms with Crippen molar-refractivity contribution in [2.75, 3.05) is 70.1 Å². The first kappa shape index (κ1) is 26.9. The first-order valence-electron chi connectivity index (χ1n) is 13.3. The van der Waals surface area contributed by atoms with Crippen molar-refractivity contribution >= 4 is 34.0 Å². The van der Waals surface area contributed by atoms with Gasteiger partial charge in [-0.2, -0.15) is 15.1 Å². The van der Waals surface area contributed by atoms with Gasteiger partial charge in [0.15, 0.2) is 28.5 Å². The number of morpholine rings is 1. The molecule has 1 aliphatic heterocycles. The highest BCUT2D eigenvalue weighted by Crippen LogP contribution is 2.27. The summed E-state index contributed by atoms with van der Waals surface area (Å²) in [5.41, 5.74) is 3.24. The minimum absolute atomic E-state index is 0.118. The zero-order chi connectivity index (χ0) is 28.2. The van der Waals surface area contributed by atoms with E-state index in [4.69, 9.17) is 28.9 Å². The fraction of sp³-hybridized carbons (Fsp3) is 0.423. The Morgan fingerprint density at radius 1 is 1.10 bits per heavy atom. The quantitative estimate of drug-likeness (QED) is 0.214. The van der Waals surface area contributed by atoms with Crippen LogP contribution >= 0.6 is 0 Å². The number of nitrogens with one attached hydrogen (secondary N) is 2. The summed E-state index contributed by atoms with van der Waals surface area (Å²) < 4.78 is 39.6. The van der Waals surface area contributed by atoms with Gasteiger partial charge in [0, 0.05) is 45.6 Å². The Balaban J connectivity index is 1.23. The molecular formula is C26H31FN10O4. The normalized spacial score (nSPS) is 13.9. The molecule has 0 unspecified atom stereocenters. The molecule has 0 atom stereocenters. The fourth-order valence-electron chi connectivity index (χ4n) is 4.52. The Labute approximate surface area is 234 Å². The third kappa shape index (κ3) is 5.91. The van der Waals surface area contributed by atoms with E-state index in [0.29, 0.717) is 92.5 Å². The van der Waals surface area contributed by atoms with Crippen LogP contribution in [0.4, 0.5) is 16.2 Å². The first-order valence-corrected chi connectivity index (χ1v) is 13.3. The lowest BCUT2D eigenvalue weighted by Crippen LogP contribution is -2.37. The molecule has 0 amide bonds. The molecule has 0 saturated carbocycles. The molecule has 1 fully saturated rings. The van der Waals surface area contributed by atoms with Crippen LogP contribution < -0.4 is 15.0 Å². The maximum atomic E-state index is 14.7. The lowest BCUT2D eigenvalue weighted by molar-refractivity contribution is 0.0538. The van der Waals surface area contributed by atoms with E-state index in [1.807, 2.05) is 17.8 Å². The minimum Gasteiger partial charge on any atom is -0.488 e. The van der Waals surface area contributed by atoms with E-state index in [1.54, 1.807) is 30.4 Å². The van der Waals surface area contributed by atoms with E-state index in [2.05, 4.69) is 30.3 Å². The van der Waals surface area contributed by atoms with Crippen LogP contribution in [0.15, 0.2) is 30.9 Å². The Morgan fingerprint density at radius 2 is 1.95 bits per heavy atom. The number of aryl methyl sites for hydroxylation is 1. The van der Waals surface area contributed by atoms with Gasteiger partial charge in [-0.25, -0.2) is 14.4 Å². The van der Waals surface area contributed by atoms with Crippen LogP contribution in [0.3, 0.4) is 0 Å². The fourth-order valence-corrected chi connectivity index (χ4v) is 4.52. The smallest absolute Gasteiger partial charge is 0.229 e. The largest absolute Gasteiger partial charge is 0.488 e. The highest BCUT2D eigenvalue weighted by atomic mass is 19.1. The first-order chi connectivity index (χ1) is 20.1. The van der Waals surface area contributed by atoms with Gasteiger partial charge in [0.25, 0.3) is 0 Å². The summed E-state index contributed by atoms with van der Waals surface area (Å²) in [7, 11) is 3.46. The number of hydrogen-bond donors (Lipinski definition) is 2. The molecule has 1 saturated heterocycles. The van der Waals surface area contributed by atoms with Crippen LogP contribution in [-0.2, 0) is 27.8 Å². The topological polar surface area (TPSA) is 142 Å². The maximum absolute atomic E-state index is 14.7. The molecule has 2 N–H and O–H groups in total. The number of imidazole rings is 2. The molecule has 5 aromatic rings. The van der Waals surface area contributed by atoms with Crippen molar-refractivity contribution in [2.24, 2.45) is 7.05 Å². The van der Waals surface area contributed by atoms with E-state index in [1.165, 1.54) is 6.07 Å². The molecule has 6 rings (SSSR count). The zero-order valence-electron chi connectivity index (χ0n) is 22.8. The van der Waals surface area contributed by atoms with Crippen LogP contribution in [0.1, 0.15) is 5.82 Å². The molecule has 41 heavy (non-hydrogen) atoms. The van der Waals surface area contributed by atoms with Gasteiger partial charge in [0.1, 0.15) is 18.8 Å². The second-order valence-corrected chi connectivity index (χ2v) is 9.42. The van der Waals surface area contributed by atoms with Gasteiger partial charge in [-0.05, 0) is 0 Å². The Morgan fingerprint density at radius 3 is 2.76 bits per heavy atom. The minimum atomic E-state index is -0.480. The lowest BCUT2D eigenvalue weighted by Gasteiger charge is -2.27. The summed E-state index contributed by atoms with van der Waals surface area (Å²) in [5, 5.41) is 7.63. The number of nitrogens with zero attached hydrogens (tertiary/aromatic N) is 8. The van der Waals surface area contributed by atoms with Gasteiger partial charge in [0.2, 0.25) is 5.95 Å². The van der Waals surface area contributed by atoms with Crippen molar-refractivity contribution in [3.05, 3.63) is 42.5 Å².